The molecule has 0 saturated carbocycles. The van der Waals surface area contributed by atoms with Crippen LogP contribution in [0.15, 0.2) is 4.99 Å². The van der Waals surface area contributed by atoms with E-state index in [1.54, 1.807) is 0 Å². The Labute approximate surface area is 123 Å². The molecule has 0 amide bonds. The van der Waals surface area contributed by atoms with Crippen LogP contribution in [0, 0.1) is 5.92 Å². The summed E-state index contributed by atoms with van der Waals surface area (Å²) in [5.74, 6) is 1.98. The van der Waals surface area contributed by atoms with E-state index in [2.05, 4.69) is 29.1 Å². The van der Waals surface area contributed by atoms with E-state index in [0.717, 1.165) is 31.5 Å². The average molecular weight is 353 g/mol. The van der Waals surface area contributed by atoms with Crippen LogP contribution in [-0.4, -0.2) is 37.5 Å². The van der Waals surface area contributed by atoms with Crippen LogP contribution in [0.4, 0.5) is 0 Å². The van der Waals surface area contributed by atoms with Crippen LogP contribution in [0.25, 0.3) is 0 Å². The topological polar surface area (TPSA) is 27.6 Å². The van der Waals surface area contributed by atoms with Crippen molar-refractivity contribution in [1.29, 1.82) is 0 Å². The normalized spacial score (nSPS) is 17.8. The number of nitrogens with one attached hydrogen (secondary N) is 1. The van der Waals surface area contributed by atoms with E-state index < -0.39 is 0 Å². The van der Waals surface area contributed by atoms with Gasteiger partial charge >= 0.3 is 0 Å². The monoisotopic (exact) mass is 353 g/mol. The zero-order chi connectivity index (χ0) is 11.8. The SMILES string of the molecule is CCCCCNC(=NC)N1CCC(C)CC1.I. The molecule has 0 aromatic carbocycles. The largest absolute Gasteiger partial charge is 0.356 e. The van der Waals surface area contributed by atoms with Crippen molar-refractivity contribution in [3.63, 3.8) is 0 Å². The fourth-order valence-corrected chi connectivity index (χ4v) is 2.13. The van der Waals surface area contributed by atoms with E-state index in [4.69, 9.17) is 0 Å². The number of unbranched alkanes of at least 4 members (excludes halogenated alkanes) is 2. The molecule has 3 nitrogen and oxygen atoms in total. The van der Waals surface area contributed by atoms with Gasteiger partial charge in [-0.25, -0.2) is 0 Å². The van der Waals surface area contributed by atoms with Crippen molar-refractivity contribution in [3.05, 3.63) is 0 Å². The second-order valence-corrected chi connectivity index (χ2v) is 4.85. The molecule has 4 heteroatoms. The molecule has 1 fully saturated rings. The number of likely N-dealkylation sites (tertiary alicyclic amines) is 1. The molecule has 0 bridgehead atoms. The number of aliphatic imine (C=N–C) groups is 1. The first-order valence-corrected chi connectivity index (χ1v) is 6.73. The van der Waals surface area contributed by atoms with Gasteiger partial charge in [-0.05, 0) is 25.2 Å². The Morgan fingerprint density at radius 1 is 1.29 bits per heavy atom. The smallest absolute Gasteiger partial charge is 0.193 e. The summed E-state index contributed by atoms with van der Waals surface area (Å²) in [6.07, 6.45) is 6.44. The van der Waals surface area contributed by atoms with Crippen LogP contribution in [0.3, 0.4) is 0 Å². The van der Waals surface area contributed by atoms with E-state index in [-0.39, 0.29) is 24.0 Å². The van der Waals surface area contributed by atoms with Crippen molar-refractivity contribution >= 4 is 29.9 Å². The number of halogens is 1. The van der Waals surface area contributed by atoms with Gasteiger partial charge in [0.05, 0.1) is 0 Å². The van der Waals surface area contributed by atoms with Crippen molar-refractivity contribution in [3.8, 4) is 0 Å². The van der Waals surface area contributed by atoms with Gasteiger partial charge in [-0.1, -0.05) is 26.7 Å². The number of hydrogen-bond acceptors (Lipinski definition) is 1. The third-order valence-corrected chi connectivity index (χ3v) is 3.36. The van der Waals surface area contributed by atoms with Crippen molar-refractivity contribution in [2.75, 3.05) is 26.7 Å². The van der Waals surface area contributed by atoms with Crippen LogP contribution in [0.1, 0.15) is 46.0 Å². The lowest BCUT2D eigenvalue weighted by molar-refractivity contribution is 0.273. The van der Waals surface area contributed by atoms with E-state index in [9.17, 15) is 0 Å². The van der Waals surface area contributed by atoms with Crippen molar-refractivity contribution in [2.45, 2.75) is 46.0 Å². The summed E-state index contributed by atoms with van der Waals surface area (Å²) in [4.78, 5) is 6.76. The second-order valence-electron chi connectivity index (χ2n) is 4.85. The quantitative estimate of drug-likeness (QED) is 0.364. The molecule has 102 valence electrons. The van der Waals surface area contributed by atoms with Gasteiger partial charge in [-0.15, -0.1) is 24.0 Å². The zero-order valence-electron chi connectivity index (χ0n) is 11.5. The summed E-state index contributed by atoms with van der Waals surface area (Å²) in [5.41, 5.74) is 0. The first-order valence-electron chi connectivity index (χ1n) is 6.73. The van der Waals surface area contributed by atoms with Gasteiger partial charge in [0.1, 0.15) is 0 Å². The first-order chi connectivity index (χ1) is 7.77. The molecule has 1 heterocycles. The zero-order valence-corrected chi connectivity index (χ0v) is 13.9. The number of piperidine rings is 1. The number of rotatable bonds is 4. The van der Waals surface area contributed by atoms with E-state index in [1.165, 1.54) is 32.1 Å². The molecule has 1 N–H and O–H groups in total. The standard InChI is InChI=1S/C13H27N3.HI/c1-4-5-6-9-15-13(14-3)16-10-7-12(2)8-11-16;/h12H,4-11H2,1-3H3,(H,14,15);1H. The third-order valence-electron chi connectivity index (χ3n) is 3.36. The molecule has 1 aliphatic rings. The lowest BCUT2D eigenvalue weighted by Gasteiger charge is -2.32. The molecule has 0 unspecified atom stereocenters. The third kappa shape index (κ3) is 6.48. The van der Waals surface area contributed by atoms with Gasteiger partial charge in [0, 0.05) is 26.7 Å². The molecule has 0 aromatic heterocycles. The van der Waals surface area contributed by atoms with Gasteiger partial charge in [0.25, 0.3) is 0 Å². The predicted octanol–water partition coefficient (Wildman–Crippen LogP) is 3.10. The van der Waals surface area contributed by atoms with Gasteiger partial charge in [-0.3, -0.25) is 4.99 Å². The fraction of sp³-hybridized carbons (Fsp3) is 0.923. The Hall–Kier alpha value is 0. The summed E-state index contributed by atoms with van der Waals surface area (Å²) >= 11 is 0. The van der Waals surface area contributed by atoms with Crippen molar-refractivity contribution in [2.24, 2.45) is 10.9 Å². The van der Waals surface area contributed by atoms with E-state index >= 15 is 0 Å². The van der Waals surface area contributed by atoms with Gasteiger partial charge in [-0.2, -0.15) is 0 Å². The van der Waals surface area contributed by atoms with Crippen LogP contribution < -0.4 is 5.32 Å². The Morgan fingerprint density at radius 3 is 2.47 bits per heavy atom. The second kappa shape index (κ2) is 9.97. The molecule has 0 radical (unpaired) electrons. The maximum Gasteiger partial charge on any atom is 0.193 e. The minimum Gasteiger partial charge on any atom is -0.356 e. The highest BCUT2D eigenvalue weighted by atomic mass is 127. The molecular formula is C13H28IN3. The highest BCUT2D eigenvalue weighted by molar-refractivity contribution is 14.0. The molecule has 1 aliphatic heterocycles. The summed E-state index contributed by atoms with van der Waals surface area (Å²) in [7, 11) is 1.89. The maximum absolute atomic E-state index is 4.37. The lowest BCUT2D eigenvalue weighted by Crippen LogP contribution is -2.45. The average Bonchev–Trinajstić information content (AvgIpc) is 2.31. The summed E-state index contributed by atoms with van der Waals surface area (Å²) in [6, 6.07) is 0. The summed E-state index contributed by atoms with van der Waals surface area (Å²) < 4.78 is 0. The lowest BCUT2D eigenvalue weighted by atomic mass is 10.00. The Kier molecular flexibility index (Phi) is 9.97. The predicted molar refractivity (Wildman–Crippen MR) is 86.3 cm³/mol. The van der Waals surface area contributed by atoms with Crippen LogP contribution in [-0.2, 0) is 0 Å². The van der Waals surface area contributed by atoms with E-state index in [1.807, 2.05) is 7.05 Å². The number of guanidine groups is 1. The van der Waals surface area contributed by atoms with Gasteiger partial charge in [0.2, 0.25) is 0 Å². The minimum absolute atomic E-state index is 0. The van der Waals surface area contributed by atoms with Gasteiger partial charge < -0.3 is 10.2 Å². The Morgan fingerprint density at radius 2 is 1.94 bits per heavy atom. The Bertz CT molecular complexity index is 211. The van der Waals surface area contributed by atoms with Crippen LogP contribution >= 0.6 is 24.0 Å². The first kappa shape index (κ1) is 17.0. The highest BCUT2D eigenvalue weighted by Crippen LogP contribution is 2.15. The highest BCUT2D eigenvalue weighted by Gasteiger charge is 2.17. The minimum atomic E-state index is 0. The van der Waals surface area contributed by atoms with E-state index in [0.29, 0.717) is 0 Å². The maximum atomic E-state index is 4.37. The summed E-state index contributed by atoms with van der Waals surface area (Å²) in [6.45, 7) is 7.96. The van der Waals surface area contributed by atoms with Crippen LogP contribution in [0.5, 0.6) is 0 Å². The van der Waals surface area contributed by atoms with Crippen molar-refractivity contribution < 1.29 is 0 Å². The van der Waals surface area contributed by atoms with Crippen molar-refractivity contribution in [1.82, 2.24) is 10.2 Å². The molecule has 0 atom stereocenters. The molecule has 17 heavy (non-hydrogen) atoms. The van der Waals surface area contributed by atoms with Crippen LogP contribution in [0.2, 0.25) is 0 Å². The molecule has 0 aliphatic carbocycles. The molecule has 0 spiro atoms. The Balaban J connectivity index is 0.00000256. The molecule has 1 rings (SSSR count). The van der Waals surface area contributed by atoms with Gasteiger partial charge in [0.15, 0.2) is 5.96 Å². The summed E-state index contributed by atoms with van der Waals surface area (Å²) in [5, 5.41) is 3.46. The molecular weight excluding hydrogens is 325 g/mol. The number of nitrogens with zero attached hydrogens (tertiary/aromatic N) is 2. The fourth-order valence-electron chi connectivity index (χ4n) is 2.13. The molecule has 0 aromatic rings. The number of hydrogen-bond donors (Lipinski definition) is 1. The molecule has 1 saturated heterocycles.